The Bertz CT molecular complexity index is 727. The monoisotopic (exact) mass is 330 g/mol. The predicted octanol–water partition coefficient (Wildman–Crippen LogP) is 0.879. The van der Waals surface area contributed by atoms with Crippen molar-refractivity contribution in [1.82, 2.24) is 15.1 Å². The summed E-state index contributed by atoms with van der Waals surface area (Å²) in [6, 6.07) is 10.4. The van der Waals surface area contributed by atoms with Gasteiger partial charge in [-0.2, -0.15) is 5.10 Å². The minimum absolute atomic E-state index is 0.0157. The lowest BCUT2D eigenvalue weighted by molar-refractivity contribution is -0.142. The van der Waals surface area contributed by atoms with Crippen molar-refractivity contribution in [2.75, 3.05) is 12.4 Å². The number of nitrogens with zero attached hydrogens (tertiary/aromatic N) is 2. The Kier molecular flexibility index (Phi) is 5.67. The zero-order valence-corrected chi connectivity index (χ0v) is 13.4. The van der Waals surface area contributed by atoms with Crippen LogP contribution in [0.15, 0.2) is 42.6 Å². The molecule has 24 heavy (non-hydrogen) atoms. The zero-order valence-electron chi connectivity index (χ0n) is 13.4. The summed E-state index contributed by atoms with van der Waals surface area (Å²) in [5.74, 6) is -1.92. The summed E-state index contributed by atoms with van der Waals surface area (Å²) in [5, 5.41) is 9.00. The number of carbonyl (C=O) groups is 3. The minimum atomic E-state index is -0.856. The van der Waals surface area contributed by atoms with Gasteiger partial charge < -0.3 is 15.4 Å². The van der Waals surface area contributed by atoms with Crippen LogP contribution in [0.25, 0.3) is 5.69 Å². The van der Waals surface area contributed by atoms with Gasteiger partial charge >= 0.3 is 17.8 Å². The molecule has 0 saturated carbocycles. The molecule has 1 aromatic carbocycles. The van der Waals surface area contributed by atoms with Crippen LogP contribution in [-0.4, -0.2) is 40.7 Å². The molecule has 0 aliphatic heterocycles. The number of benzene rings is 1. The number of carbonyl (C=O) groups excluding carboxylic acids is 3. The van der Waals surface area contributed by atoms with Crippen LogP contribution in [0.4, 0.5) is 5.82 Å². The molecule has 126 valence electrons. The molecule has 0 spiro atoms. The highest BCUT2D eigenvalue weighted by atomic mass is 16.5. The van der Waals surface area contributed by atoms with Crippen molar-refractivity contribution < 1.29 is 19.1 Å². The van der Waals surface area contributed by atoms with Gasteiger partial charge in [-0.3, -0.25) is 14.4 Å². The van der Waals surface area contributed by atoms with E-state index in [2.05, 4.69) is 20.5 Å². The molecule has 1 unspecified atom stereocenters. The third-order valence-corrected chi connectivity index (χ3v) is 3.14. The lowest BCUT2D eigenvalue weighted by atomic mass is 10.2. The summed E-state index contributed by atoms with van der Waals surface area (Å²) >= 11 is 0. The Morgan fingerprint density at radius 2 is 1.88 bits per heavy atom. The molecule has 2 N–H and O–H groups in total. The van der Waals surface area contributed by atoms with E-state index in [4.69, 9.17) is 0 Å². The summed E-state index contributed by atoms with van der Waals surface area (Å²) in [7, 11) is 1.26. The molecule has 1 aromatic heterocycles. The van der Waals surface area contributed by atoms with Gasteiger partial charge in [0.2, 0.25) is 0 Å². The lowest BCUT2D eigenvalue weighted by Gasteiger charge is -2.11. The van der Waals surface area contributed by atoms with E-state index in [1.54, 1.807) is 23.9 Å². The predicted molar refractivity (Wildman–Crippen MR) is 86.4 cm³/mol. The van der Waals surface area contributed by atoms with E-state index < -0.39 is 23.8 Å². The van der Waals surface area contributed by atoms with Crippen LogP contribution in [0.1, 0.15) is 13.3 Å². The maximum Gasteiger partial charge on any atom is 0.314 e. The average molecular weight is 330 g/mol. The first-order chi connectivity index (χ1) is 11.5. The molecule has 8 nitrogen and oxygen atoms in total. The Hall–Kier alpha value is -3.16. The molecular formula is C16H18N4O4. The second-order valence-electron chi connectivity index (χ2n) is 5.09. The number of para-hydroxylation sites is 1. The molecule has 0 fully saturated rings. The second kappa shape index (κ2) is 7.91. The molecular weight excluding hydrogens is 312 g/mol. The number of hydrogen-bond donors (Lipinski definition) is 2. The Morgan fingerprint density at radius 3 is 2.54 bits per heavy atom. The van der Waals surface area contributed by atoms with Crippen LogP contribution >= 0.6 is 0 Å². The van der Waals surface area contributed by atoms with Crippen molar-refractivity contribution in [1.29, 1.82) is 0 Å². The van der Waals surface area contributed by atoms with Gasteiger partial charge in [-0.25, -0.2) is 4.68 Å². The van der Waals surface area contributed by atoms with Gasteiger partial charge in [0.05, 0.1) is 19.2 Å². The van der Waals surface area contributed by atoms with Crippen LogP contribution in [-0.2, 0) is 19.1 Å². The minimum Gasteiger partial charge on any atom is -0.469 e. The van der Waals surface area contributed by atoms with E-state index in [-0.39, 0.29) is 12.2 Å². The fourth-order valence-corrected chi connectivity index (χ4v) is 1.96. The van der Waals surface area contributed by atoms with Crippen LogP contribution < -0.4 is 10.6 Å². The highest BCUT2D eigenvalue weighted by Crippen LogP contribution is 2.09. The first-order valence-electron chi connectivity index (χ1n) is 7.29. The topological polar surface area (TPSA) is 102 Å². The maximum absolute atomic E-state index is 11.9. The van der Waals surface area contributed by atoms with Gasteiger partial charge in [0.1, 0.15) is 0 Å². The van der Waals surface area contributed by atoms with E-state index in [9.17, 15) is 14.4 Å². The summed E-state index contributed by atoms with van der Waals surface area (Å²) < 4.78 is 6.08. The van der Waals surface area contributed by atoms with Gasteiger partial charge in [-0.15, -0.1) is 0 Å². The van der Waals surface area contributed by atoms with E-state index in [1.165, 1.54) is 7.11 Å². The largest absolute Gasteiger partial charge is 0.469 e. The van der Waals surface area contributed by atoms with Crippen LogP contribution in [0.5, 0.6) is 0 Å². The van der Waals surface area contributed by atoms with Crippen molar-refractivity contribution in [3.63, 3.8) is 0 Å². The quantitative estimate of drug-likeness (QED) is 0.626. The highest BCUT2D eigenvalue weighted by molar-refractivity contribution is 6.39. The second-order valence-corrected chi connectivity index (χ2v) is 5.09. The molecule has 0 radical (unpaired) electrons. The SMILES string of the molecule is COC(=O)CC(C)NC(=O)C(=O)Nc1ccn(-c2ccccc2)n1. The maximum atomic E-state index is 11.9. The standard InChI is InChI=1S/C16H18N4O4/c1-11(10-14(21)24-2)17-15(22)16(23)18-13-8-9-20(19-13)12-6-4-3-5-7-12/h3-9,11H,10H2,1-2H3,(H,17,22)(H,18,19,23). The number of anilines is 1. The summed E-state index contributed by atoms with van der Waals surface area (Å²) in [4.78, 5) is 34.8. The third kappa shape index (κ3) is 4.67. The molecule has 0 bridgehead atoms. The number of methoxy groups -OCH3 is 1. The number of rotatable bonds is 5. The van der Waals surface area contributed by atoms with E-state index in [1.807, 2.05) is 30.3 Å². The summed E-state index contributed by atoms with van der Waals surface area (Å²) in [5.41, 5.74) is 0.828. The van der Waals surface area contributed by atoms with Crippen molar-refractivity contribution in [2.45, 2.75) is 19.4 Å². The first kappa shape index (κ1) is 17.2. The van der Waals surface area contributed by atoms with Crippen LogP contribution in [0, 0.1) is 0 Å². The van der Waals surface area contributed by atoms with Gasteiger partial charge in [0.15, 0.2) is 5.82 Å². The van der Waals surface area contributed by atoms with Crippen LogP contribution in [0.2, 0.25) is 0 Å². The molecule has 0 aliphatic carbocycles. The zero-order chi connectivity index (χ0) is 17.5. The smallest absolute Gasteiger partial charge is 0.314 e. The molecule has 2 amide bonds. The van der Waals surface area contributed by atoms with Crippen molar-refractivity contribution in [3.05, 3.63) is 42.6 Å². The average Bonchev–Trinajstić information content (AvgIpc) is 3.03. The van der Waals surface area contributed by atoms with Crippen LogP contribution in [0.3, 0.4) is 0 Å². The first-order valence-corrected chi connectivity index (χ1v) is 7.29. The Morgan fingerprint density at radius 1 is 1.17 bits per heavy atom. The van der Waals surface area contributed by atoms with E-state index in [0.29, 0.717) is 0 Å². The lowest BCUT2D eigenvalue weighted by Crippen LogP contribution is -2.41. The fraction of sp³-hybridized carbons (Fsp3) is 0.250. The number of amides is 2. The van der Waals surface area contributed by atoms with E-state index in [0.717, 1.165) is 5.69 Å². The molecule has 1 heterocycles. The Labute approximate surface area is 138 Å². The number of esters is 1. The number of ether oxygens (including phenoxy) is 1. The molecule has 0 aliphatic rings. The molecule has 0 saturated heterocycles. The molecule has 1 atom stereocenters. The summed E-state index contributed by atoms with van der Waals surface area (Å²) in [6.07, 6.45) is 1.65. The number of aromatic nitrogens is 2. The normalized spacial score (nSPS) is 11.4. The van der Waals surface area contributed by atoms with Gasteiger partial charge in [0, 0.05) is 18.3 Å². The number of hydrogen-bond acceptors (Lipinski definition) is 5. The van der Waals surface area contributed by atoms with Crippen molar-refractivity contribution in [2.24, 2.45) is 0 Å². The fourth-order valence-electron chi connectivity index (χ4n) is 1.96. The molecule has 2 aromatic rings. The van der Waals surface area contributed by atoms with Crippen molar-refractivity contribution >= 4 is 23.6 Å². The highest BCUT2D eigenvalue weighted by Gasteiger charge is 2.19. The molecule has 2 rings (SSSR count). The molecule has 8 heteroatoms. The Balaban J connectivity index is 1.91. The third-order valence-electron chi connectivity index (χ3n) is 3.14. The van der Waals surface area contributed by atoms with Crippen molar-refractivity contribution in [3.8, 4) is 5.69 Å². The van der Waals surface area contributed by atoms with Gasteiger partial charge in [-0.05, 0) is 19.1 Å². The van der Waals surface area contributed by atoms with Gasteiger partial charge in [-0.1, -0.05) is 18.2 Å². The summed E-state index contributed by atoms with van der Waals surface area (Å²) in [6.45, 7) is 1.60. The van der Waals surface area contributed by atoms with Gasteiger partial charge in [0.25, 0.3) is 0 Å². The number of nitrogens with one attached hydrogen (secondary N) is 2. The van der Waals surface area contributed by atoms with E-state index >= 15 is 0 Å².